The summed E-state index contributed by atoms with van der Waals surface area (Å²) in [6.07, 6.45) is 1.02. The second kappa shape index (κ2) is 5.70. The van der Waals surface area contributed by atoms with Crippen LogP contribution in [0.5, 0.6) is 0 Å². The van der Waals surface area contributed by atoms with E-state index in [0.717, 1.165) is 29.8 Å². The van der Waals surface area contributed by atoms with Crippen molar-refractivity contribution in [2.75, 3.05) is 0 Å². The monoisotopic (exact) mass is 279 g/mol. The van der Waals surface area contributed by atoms with Gasteiger partial charge in [-0.15, -0.1) is 0 Å². The van der Waals surface area contributed by atoms with E-state index in [-0.39, 0.29) is 6.04 Å². The van der Waals surface area contributed by atoms with E-state index in [4.69, 9.17) is 10.7 Å². The maximum atomic E-state index is 6.12. The Bertz CT molecular complexity index is 742. The minimum atomic E-state index is -0.0776. The molecule has 3 nitrogen and oxygen atoms in total. The van der Waals surface area contributed by atoms with Crippen molar-refractivity contribution in [2.24, 2.45) is 5.73 Å². The van der Waals surface area contributed by atoms with Gasteiger partial charge in [0.1, 0.15) is 5.82 Å². The van der Waals surface area contributed by atoms with E-state index in [9.17, 15) is 0 Å². The smallest absolute Gasteiger partial charge is 0.126 e. The molecule has 3 aromatic rings. The second-order valence-electron chi connectivity index (χ2n) is 5.51. The first-order valence-electron chi connectivity index (χ1n) is 7.47. The first-order valence-corrected chi connectivity index (χ1v) is 7.47. The van der Waals surface area contributed by atoms with Crippen LogP contribution in [0.3, 0.4) is 0 Å². The first kappa shape index (κ1) is 13.8. The largest absolute Gasteiger partial charge is 0.322 e. The molecule has 0 aliphatic carbocycles. The SMILES string of the molecule is CCc1ccc2c(c1)nc(C(C)N)n2Cc1ccccc1. The maximum Gasteiger partial charge on any atom is 0.126 e. The van der Waals surface area contributed by atoms with Crippen molar-refractivity contribution < 1.29 is 0 Å². The number of fused-ring (bicyclic) bond motifs is 1. The average molecular weight is 279 g/mol. The quantitative estimate of drug-likeness (QED) is 0.792. The summed E-state index contributed by atoms with van der Waals surface area (Å²) < 4.78 is 2.23. The van der Waals surface area contributed by atoms with Crippen LogP contribution in [0.1, 0.15) is 36.8 Å². The first-order chi connectivity index (χ1) is 10.2. The van der Waals surface area contributed by atoms with Gasteiger partial charge in [-0.3, -0.25) is 0 Å². The molecule has 0 aliphatic heterocycles. The number of nitrogens with two attached hydrogens (primary N) is 1. The molecule has 1 aromatic heterocycles. The van der Waals surface area contributed by atoms with Crippen LogP contribution in [0.2, 0.25) is 0 Å². The summed E-state index contributed by atoms with van der Waals surface area (Å²) in [5, 5.41) is 0. The van der Waals surface area contributed by atoms with Crippen molar-refractivity contribution in [2.45, 2.75) is 32.9 Å². The molecule has 1 atom stereocenters. The van der Waals surface area contributed by atoms with Crippen LogP contribution in [0.25, 0.3) is 11.0 Å². The van der Waals surface area contributed by atoms with Crippen molar-refractivity contribution in [3.63, 3.8) is 0 Å². The fourth-order valence-electron chi connectivity index (χ4n) is 2.69. The normalized spacial score (nSPS) is 12.7. The minimum Gasteiger partial charge on any atom is -0.322 e. The number of rotatable bonds is 4. The Labute approximate surface area is 125 Å². The van der Waals surface area contributed by atoms with E-state index in [1.54, 1.807) is 0 Å². The van der Waals surface area contributed by atoms with Gasteiger partial charge >= 0.3 is 0 Å². The number of benzene rings is 2. The standard InChI is InChI=1S/C18H21N3/c1-3-14-9-10-17-16(11-14)20-18(13(2)19)21(17)12-15-7-5-4-6-8-15/h4-11,13H,3,12,19H2,1-2H3. The zero-order valence-electron chi connectivity index (χ0n) is 12.6. The average Bonchev–Trinajstić information content (AvgIpc) is 2.86. The lowest BCUT2D eigenvalue weighted by molar-refractivity contribution is 0.664. The van der Waals surface area contributed by atoms with Gasteiger partial charge < -0.3 is 10.3 Å². The van der Waals surface area contributed by atoms with Crippen molar-refractivity contribution in [3.8, 4) is 0 Å². The van der Waals surface area contributed by atoms with E-state index >= 15 is 0 Å². The van der Waals surface area contributed by atoms with Gasteiger partial charge in [0.2, 0.25) is 0 Å². The highest BCUT2D eigenvalue weighted by atomic mass is 15.1. The van der Waals surface area contributed by atoms with Gasteiger partial charge in [0.15, 0.2) is 0 Å². The molecule has 2 N–H and O–H groups in total. The fourth-order valence-corrected chi connectivity index (χ4v) is 2.69. The Kier molecular flexibility index (Phi) is 3.76. The molecule has 0 saturated carbocycles. The third kappa shape index (κ3) is 2.69. The van der Waals surface area contributed by atoms with Crippen LogP contribution in [-0.2, 0) is 13.0 Å². The number of imidazole rings is 1. The lowest BCUT2D eigenvalue weighted by atomic mass is 10.1. The van der Waals surface area contributed by atoms with Crippen LogP contribution in [0, 0.1) is 0 Å². The van der Waals surface area contributed by atoms with E-state index < -0.39 is 0 Å². The summed E-state index contributed by atoms with van der Waals surface area (Å²) in [5.41, 5.74) is 10.9. The zero-order valence-corrected chi connectivity index (χ0v) is 12.6. The van der Waals surface area contributed by atoms with E-state index in [0.29, 0.717) is 0 Å². The summed E-state index contributed by atoms with van der Waals surface area (Å²) in [7, 11) is 0. The van der Waals surface area contributed by atoms with Gasteiger partial charge in [0.05, 0.1) is 17.1 Å². The molecule has 3 heteroatoms. The molecule has 108 valence electrons. The highest BCUT2D eigenvalue weighted by molar-refractivity contribution is 5.77. The summed E-state index contributed by atoms with van der Waals surface area (Å²) in [5.74, 6) is 0.946. The van der Waals surface area contributed by atoms with Gasteiger partial charge in [-0.05, 0) is 36.6 Å². The fraction of sp³-hybridized carbons (Fsp3) is 0.278. The third-order valence-electron chi connectivity index (χ3n) is 3.84. The molecule has 2 aromatic carbocycles. The number of aromatic nitrogens is 2. The lowest BCUT2D eigenvalue weighted by Crippen LogP contribution is -2.14. The number of hydrogen-bond donors (Lipinski definition) is 1. The van der Waals surface area contributed by atoms with Crippen molar-refractivity contribution in [1.82, 2.24) is 9.55 Å². The molecular weight excluding hydrogens is 258 g/mol. The minimum absolute atomic E-state index is 0.0776. The summed E-state index contributed by atoms with van der Waals surface area (Å²) in [6, 6.07) is 16.9. The van der Waals surface area contributed by atoms with Crippen molar-refractivity contribution in [3.05, 3.63) is 65.5 Å². The summed E-state index contributed by atoms with van der Waals surface area (Å²) in [4.78, 5) is 4.75. The Morgan fingerprint density at radius 1 is 1.10 bits per heavy atom. The Balaban J connectivity index is 2.12. The maximum absolute atomic E-state index is 6.12. The van der Waals surface area contributed by atoms with E-state index in [1.165, 1.54) is 11.1 Å². The molecule has 0 saturated heterocycles. The van der Waals surface area contributed by atoms with Gasteiger partial charge in [-0.1, -0.05) is 43.3 Å². The third-order valence-corrected chi connectivity index (χ3v) is 3.84. The van der Waals surface area contributed by atoms with Crippen LogP contribution < -0.4 is 5.73 Å². The van der Waals surface area contributed by atoms with Gasteiger partial charge in [-0.25, -0.2) is 4.98 Å². The molecule has 0 fully saturated rings. The highest BCUT2D eigenvalue weighted by Gasteiger charge is 2.14. The predicted molar refractivity (Wildman–Crippen MR) is 87.3 cm³/mol. The van der Waals surface area contributed by atoms with E-state index in [1.807, 2.05) is 13.0 Å². The van der Waals surface area contributed by atoms with E-state index in [2.05, 4.69) is 54.0 Å². The van der Waals surface area contributed by atoms with Crippen LogP contribution in [0.15, 0.2) is 48.5 Å². The topological polar surface area (TPSA) is 43.8 Å². The van der Waals surface area contributed by atoms with Crippen LogP contribution in [0.4, 0.5) is 0 Å². The highest BCUT2D eigenvalue weighted by Crippen LogP contribution is 2.22. The van der Waals surface area contributed by atoms with Crippen LogP contribution >= 0.6 is 0 Å². The molecule has 0 bridgehead atoms. The predicted octanol–water partition coefficient (Wildman–Crippen LogP) is 3.67. The summed E-state index contributed by atoms with van der Waals surface area (Å²) >= 11 is 0. The number of aryl methyl sites for hydroxylation is 1. The summed E-state index contributed by atoms with van der Waals surface area (Å²) in [6.45, 7) is 4.96. The Morgan fingerprint density at radius 2 is 1.86 bits per heavy atom. The molecule has 21 heavy (non-hydrogen) atoms. The van der Waals surface area contributed by atoms with Gasteiger partial charge in [-0.2, -0.15) is 0 Å². The molecule has 1 heterocycles. The Hall–Kier alpha value is -2.13. The molecule has 0 spiro atoms. The Morgan fingerprint density at radius 3 is 2.52 bits per heavy atom. The molecular formula is C18H21N3. The van der Waals surface area contributed by atoms with Crippen LogP contribution in [-0.4, -0.2) is 9.55 Å². The molecule has 3 rings (SSSR count). The van der Waals surface area contributed by atoms with Gasteiger partial charge in [0, 0.05) is 6.54 Å². The van der Waals surface area contributed by atoms with Crippen molar-refractivity contribution in [1.29, 1.82) is 0 Å². The second-order valence-corrected chi connectivity index (χ2v) is 5.51. The molecule has 0 radical (unpaired) electrons. The van der Waals surface area contributed by atoms with Crippen molar-refractivity contribution >= 4 is 11.0 Å². The lowest BCUT2D eigenvalue weighted by Gasteiger charge is -2.11. The zero-order chi connectivity index (χ0) is 14.8. The molecule has 0 amide bonds. The molecule has 0 aliphatic rings. The van der Waals surface area contributed by atoms with Gasteiger partial charge in [0.25, 0.3) is 0 Å². The number of nitrogens with zero attached hydrogens (tertiary/aromatic N) is 2. The molecule has 1 unspecified atom stereocenters. The number of hydrogen-bond acceptors (Lipinski definition) is 2.